The van der Waals surface area contributed by atoms with Gasteiger partial charge >= 0.3 is 0 Å². The first-order chi connectivity index (χ1) is 18.5. The number of aryl methyl sites for hydroxylation is 1. The highest BCUT2D eigenvalue weighted by molar-refractivity contribution is 5.96. The Morgan fingerprint density at radius 2 is 1.97 bits per heavy atom. The lowest BCUT2D eigenvalue weighted by Crippen LogP contribution is -2.32. The summed E-state index contributed by atoms with van der Waals surface area (Å²) in [5.41, 5.74) is 10.1. The van der Waals surface area contributed by atoms with Gasteiger partial charge in [0.1, 0.15) is 5.52 Å². The Morgan fingerprint density at radius 1 is 1.13 bits per heavy atom. The number of H-pyrrole nitrogens is 1. The van der Waals surface area contributed by atoms with Gasteiger partial charge in [-0.05, 0) is 59.9 Å². The van der Waals surface area contributed by atoms with Gasteiger partial charge in [-0.25, -0.2) is 9.97 Å². The van der Waals surface area contributed by atoms with Gasteiger partial charge in [-0.3, -0.25) is 9.69 Å². The highest BCUT2D eigenvalue weighted by Crippen LogP contribution is 2.32. The standard InChI is InChI=1S/C29H29N7O2/c1-18-12-21(13-22-16-36(10-8-23(18)22)11-9-26-32-17-38-34-26)25-15-31-28-27(33-25)24(14-30-28)19-4-6-20(7-5-19)29(37)35(2)3/h4-7,12-15,17H,8-11,16H2,1-3H3,(H,30,31). The molecule has 0 fully saturated rings. The summed E-state index contributed by atoms with van der Waals surface area (Å²) in [7, 11) is 3.51. The number of amides is 1. The fourth-order valence-corrected chi connectivity index (χ4v) is 5.18. The van der Waals surface area contributed by atoms with Gasteiger partial charge in [-0.2, -0.15) is 4.98 Å². The van der Waals surface area contributed by atoms with Crippen LogP contribution < -0.4 is 0 Å². The number of benzene rings is 2. The van der Waals surface area contributed by atoms with Crippen LogP contribution in [0.5, 0.6) is 0 Å². The molecule has 5 aromatic rings. The van der Waals surface area contributed by atoms with Crippen LogP contribution in [0.15, 0.2) is 59.7 Å². The summed E-state index contributed by atoms with van der Waals surface area (Å²) in [5, 5.41) is 3.93. The average Bonchev–Trinajstić information content (AvgIpc) is 3.61. The maximum atomic E-state index is 12.3. The predicted octanol–water partition coefficient (Wildman–Crippen LogP) is 4.29. The molecular formula is C29H29N7O2. The lowest BCUT2D eigenvalue weighted by atomic mass is 9.92. The van der Waals surface area contributed by atoms with Crippen LogP contribution in [0.3, 0.4) is 0 Å². The molecule has 9 heteroatoms. The van der Waals surface area contributed by atoms with Crippen molar-refractivity contribution in [3.05, 3.63) is 83.3 Å². The molecule has 0 spiro atoms. The summed E-state index contributed by atoms with van der Waals surface area (Å²) in [6.45, 7) is 4.97. The van der Waals surface area contributed by atoms with E-state index in [1.165, 1.54) is 23.1 Å². The van der Waals surface area contributed by atoms with Gasteiger partial charge in [0.25, 0.3) is 5.91 Å². The van der Waals surface area contributed by atoms with Crippen LogP contribution in [0.1, 0.15) is 32.9 Å². The highest BCUT2D eigenvalue weighted by atomic mass is 16.5. The highest BCUT2D eigenvalue weighted by Gasteiger charge is 2.20. The van der Waals surface area contributed by atoms with Gasteiger partial charge in [-0.15, -0.1) is 0 Å². The van der Waals surface area contributed by atoms with Crippen molar-refractivity contribution in [2.24, 2.45) is 0 Å². The second-order valence-electron chi connectivity index (χ2n) is 9.99. The second-order valence-corrected chi connectivity index (χ2v) is 9.99. The molecule has 9 nitrogen and oxygen atoms in total. The van der Waals surface area contributed by atoms with Crippen molar-refractivity contribution in [1.82, 2.24) is 34.9 Å². The van der Waals surface area contributed by atoms with E-state index in [-0.39, 0.29) is 5.91 Å². The minimum Gasteiger partial charge on any atom is -0.345 e. The molecule has 1 aliphatic heterocycles. The zero-order valence-corrected chi connectivity index (χ0v) is 21.7. The van der Waals surface area contributed by atoms with Crippen LogP contribution in [0.2, 0.25) is 0 Å². The van der Waals surface area contributed by atoms with Crippen LogP contribution in [-0.4, -0.2) is 68.0 Å². The van der Waals surface area contributed by atoms with Crippen molar-refractivity contribution in [1.29, 1.82) is 0 Å². The summed E-state index contributed by atoms with van der Waals surface area (Å²) in [6, 6.07) is 12.1. The number of nitrogens with zero attached hydrogens (tertiary/aromatic N) is 6. The number of aromatic nitrogens is 5. The number of carbonyl (C=O) groups is 1. The number of nitrogens with one attached hydrogen (secondary N) is 1. The fourth-order valence-electron chi connectivity index (χ4n) is 5.18. The molecule has 0 unspecified atom stereocenters. The van der Waals surface area contributed by atoms with E-state index >= 15 is 0 Å². The Labute approximate surface area is 220 Å². The van der Waals surface area contributed by atoms with Crippen molar-refractivity contribution < 1.29 is 9.32 Å². The molecule has 0 bridgehead atoms. The molecule has 4 heterocycles. The third kappa shape index (κ3) is 4.56. The molecular weight excluding hydrogens is 478 g/mol. The molecule has 1 N–H and O–H groups in total. The van der Waals surface area contributed by atoms with E-state index in [9.17, 15) is 4.79 Å². The summed E-state index contributed by atoms with van der Waals surface area (Å²) < 4.78 is 4.87. The third-order valence-electron chi connectivity index (χ3n) is 7.22. The quantitative estimate of drug-likeness (QED) is 0.366. The Balaban J connectivity index is 1.29. The molecule has 0 atom stereocenters. The number of carbonyl (C=O) groups excluding carboxylic acids is 1. The van der Waals surface area contributed by atoms with Gasteiger partial charge in [0, 0.05) is 63.0 Å². The SMILES string of the molecule is Cc1cc(-c2cnc3[nH]cc(-c4ccc(C(=O)N(C)C)cc4)c3n2)cc2c1CCN(CCc1ncon1)C2. The van der Waals surface area contributed by atoms with E-state index in [0.29, 0.717) is 5.56 Å². The maximum absolute atomic E-state index is 12.3. The molecule has 0 radical (unpaired) electrons. The van der Waals surface area contributed by atoms with Crippen molar-refractivity contribution in [3.8, 4) is 22.4 Å². The van der Waals surface area contributed by atoms with E-state index in [2.05, 4.69) is 44.1 Å². The van der Waals surface area contributed by atoms with Crippen molar-refractivity contribution in [2.75, 3.05) is 27.2 Å². The Hall–Kier alpha value is -4.37. The first-order valence-corrected chi connectivity index (χ1v) is 12.7. The zero-order valence-electron chi connectivity index (χ0n) is 21.7. The third-order valence-corrected chi connectivity index (χ3v) is 7.22. The summed E-state index contributed by atoms with van der Waals surface area (Å²) in [5.74, 6) is 0.722. The van der Waals surface area contributed by atoms with E-state index in [4.69, 9.17) is 9.51 Å². The van der Waals surface area contributed by atoms with E-state index in [1.54, 1.807) is 19.0 Å². The van der Waals surface area contributed by atoms with Crippen LogP contribution in [0.4, 0.5) is 0 Å². The largest absolute Gasteiger partial charge is 0.345 e. The van der Waals surface area contributed by atoms with Crippen molar-refractivity contribution in [3.63, 3.8) is 0 Å². The lowest BCUT2D eigenvalue weighted by Gasteiger charge is -2.30. The summed E-state index contributed by atoms with van der Waals surface area (Å²) in [4.78, 5) is 33.4. The Kier molecular flexibility index (Phi) is 6.21. The summed E-state index contributed by atoms with van der Waals surface area (Å²) >= 11 is 0. The lowest BCUT2D eigenvalue weighted by molar-refractivity contribution is 0.0827. The minimum atomic E-state index is -0.0197. The Morgan fingerprint density at radius 3 is 2.74 bits per heavy atom. The van der Waals surface area contributed by atoms with Gasteiger partial charge < -0.3 is 14.4 Å². The minimum absolute atomic E-state index is 0.0197. The smallest absolute Gasteiger partial charge is 0.253 e. The van der Waals surface area contributed by atoms with Crippen LogP contribution in [0, 0.1) is 6.92 Å². The summed E-state index contributed by atoms with van der Waals surface area (Å²) in [6.07, 6.45) is 6.93. The second kappa shape index (κ2) is 9.83. The van der Waals surface area contributed by atoms with E-state index in [1.807, 2.05) is 36.7 Å². The molecule has 0 aliphatic carbocycles. The zero-order chi connectivity index (χ0) is 26.2. The molecule has 2 aromatic carbocycles. The fraction of sp³-hybridized carbons (Fsp3) is 0.276. The molecule has 6 rings (SSSR count). The molecule has 38 heavy (non-hydrogen) atoms. The molecule has 0 saturated carbocycles. The van der Waals surface area contributed by atoms with Crippen molar-refractivity contribution in [2.45, 2.75) is 26.3 Å². The topological polar surface area (TPSA) is 104 Å². The van der Waals surface area contributed by atoms with Crippen LogP contribution in [-0.2, 0) is 19.4 Å². The number of fused-ring (bicyclic) bond motifs is 2. The molecule has 0 saturated heterocycles. The maximum Gasteiger partial charge on any atom is 0.253 e. The number of hydrogen-bond acceptors (Lipinski definition) is 7. The average molecular weight is 508 g/mol. The first kappa shape index (κ1) is 24.0. The number of aromatic amines is 1. The van der Waals surface area contributed by atoms with Gasteiger partial charge in [0.15, 0.2) is 11.5 Å². The molecule has 3 aromatic heterocycles. The predicted molar refractivity (Wildman–Crippen MR) is 144 cm³/mol. The Bertz CT molecular complexity index is 1600. The van der Waals surface area contributed by atoms with Crippen LogP contribution >= 0.6 is 0 Å². The number of rotatable bonds is 6. The van der Waals surface area contributed by atoms with Gasteiger partial charge in [-0.1, -0.05) is 17.3 Å². The van der Waals surface area contributed by atoms with E-state index in [0.717, 1.165) is 71.8 Å². The number of hydrogen-bond donors (Lipinski definition) is 1. The molecule has 192 valence electrons. The van der Waals surface area contributed by atoms with Gasteiger partial charge in [0.2, 0.25) is 6.39 Å². The van der Waals surface area contributed by atoms with Crippen LogP contribution in [0.25, 0.3) is 33.5 Å². The van der Waals surface area contributed by atoms with Crippen molar-refractivity contribution >= 4 is 17.1 Å². The monoisotopic (exact) mass is 507 g/mol. The first-order valence-electron chi connectivity index (χ1n) is 12.7. The van der Waals surface area contributed by atoms with Gasteiger partial charge in [0.05, 0.1) is 11.9 Å². The molecule has 1 aliphatic rings. The molecule has 1 amide bonds. The van der Waals surface area contributed by atoms with E-state index < -0.39 is 0 Å². The normalized spacial score (nSPS) is 13.6.